The molecule has 0 saturated carbocycles. The second-order valence-corrected chi connectivity index (χ2v) is 15.8. The standard InChI is InChI=1S/C44H52N10O7/c55-37(16-12-31-8-6-20-45-29-31)47-22-3-1-7-30-18-23-53(24-19-30)43(60)34-13-15-36(50-49-34)51-25-27-52(28-26-51)39(57)11-2-4-21-46-33-10-5-9-32-40(33)44(61)54(42(32)59)35-14-17-38(56)48-41(35)58/h5-6,8-10,12-13,15-16,20,29-30,35,46H,1-4,7,11,14,17-19,21-28H2,(H,47,55)(H,48,56,58)/b16-12+. The van der Waals surface area contributed by atoms with E-state index < -0.39 is 29.7 Å². The molecule has 1 atom stereocenters. The zero-order valence-electron chi connectivity index (χ0n) is 34.2. The molecule has 7 rings (SSSR count). The molecule has 0 spiro atoms. The number of unbranched alkanes of at least 4 members (excludes halogenated alkanes) is 2. The number of nitrogens with zero attached hydrogens (tertiary/aromatic N) is 7. The number of carbonyl (C=O) groups is 7. The largest absolute Gasteiger partial charge is 0.384 e. The summed E-state index contributed by atoms with van der Waals surface area (Å²) in [6.07, 6.45) is 13.3. The van der Waals surface area contributed by atoms with E-state index in [1.165, 1.54) is 6.08 Å². The summed E-state index contributed by atoms with van der Waals surface area (Å²) >= 11 is 0. The van der Waals surface area contributed by atoms with Gasteiger partial charge in [-0.1, -0.05) is 25.0 Å². The summed E-state index contributed by atoms with van der Waals surface area (Å²) in [5, 5.41) is 17.0. The number of carbonyl (C=O) groups excluding carboxylic acids is 7. The third kappa shape index (κ3) is 10.6. The van der Waals surface area contributed by atoms with Gasteiger partial charge < -0.3 is 25.3 Å². The number of likely N-dealkylation sites (tertiary alicyclic amines) is 1. The number of piperidine rings is 2. The van der Waals surface area contributed by atoms with Crippen molar-refractivity contribution >= 4 is 58.9 Å². The molecule has 1 unspecified atom stereocenters. The summed E-state index contributed by atoms with van der Waals surface area (Å²) in [7, 11) is 0. The summed E-state index contributed by atoms with van der Waals surface area (Å²) in [6, 6.07) is 11.2. The molecule has 17 heteroatoms. The molecule has 3 aromatic rings. The summed E-state index contributed by atoms with van der Waals surface area (Å²) in [6.45, 7) is 4.75. The lowest BCUT2D eigenvalue weighted by atomic mass is 9.91. The zero-order valence-corrected chi connectivity index (χ0v) is 34.2. The molecule has 6 heterocycles. The highest BCUT2D eigenvalue weighted by Crippen LogP contribution is 2.32. The Morgan fingerprint density at radius 1 is 0.803 bits per heavy atom. The van der Waals surface area contributed by atoms with E-state index in [0.717, 1.165) is 42.6 Å². The summed E-state index contributed by atoms with van der Waals surface area (Å²) in [4.78, 5) is 99.6. The Kier molecular flexibility index (Phi) is 14.1. The van der Waals surface area contributed by atoms with Gasteiger partial charge in [-0.15, -0.1) is 10.2 Å². The van der Waals surface area contributed by atoms with Crippen molar-refractivity contribution in [3.63, 3.8) is 0 Å². The first-order valence-corrected chi connectivity index (χ1v) is 21.3. The van der Waals surface area contributed by atoms with E-state index in [9.17, 15) is 33.6 Å². The fraction of sp³-hybridized carbons (Fsp3) is 0.455. The van der Waals surface area contributed by atoms with Crippen molar-refractivity contribution in [2.24, 2.45) is 5.92 Å². The van der Waals surface area contributed by atoms with E-state index >= 15 is 0 Å². The van der Waals surface area contributed by atoms with Crippen molar-refractivity contribution in [3.05, 3.63) is 83.3 Å². The van der Waals surface area contributed by atoms with Crippen molar-refractivity contribution in [2.45, 2.75) is 70.3 Å². The lowest BCUT2D eigenvalue weighted by Gasteiger charge is -2.35. The maximum absolute atomic E-state index is 13.3. The van der Waals surface area contributed by atoms with Crippen LogP contribution in [0.15, 0.2) is 60.9 Å². The Hall–Kier alpha value is -6.52. The van der Waals surface area contributed by atoms with Crippen molar-refractivity contribution in [3.8, 4) is 0 Å². The maximum atomic E-state index is 13.3. The summed E-state index contributed by atoms with van der Waals surface area (Å²) in [5.74, 6) is -1.14. The van der Waals surface area contributed by atoms with Crippen LogP contribution < -0.4 is 20.9 Å². The molecule has 0 radical (unpaired) electrons. The van der Waals surface area contributed by atoms with E-state index in [0.29, 0.717) is 94.7 Å². The highest BCUT2D eigenvalue weighted by molar-refractivity contribution is 6.25. The number of fused-ring (bicyclic) bond motifs is 1. The van der Waals surface area contributed by atoms with E-state index in [2.05, 4.69) is 36.0 Å². The summed E-state index contributed by atoms with van der Waals surface area (Å²) < 4.78 is 0. The molecular weight excluding hydrogens is 781 g/mol. The Morgan fingerprint density at radius 3 is 2.34 bits per heavy atom. The molecule has 61 heavy (non-hydrogen) atoms. The van der Waals surface area contributed by atoms with Gasteiger partial charge in [-0.25, -0.2) is 0 Å². The second-order valence-electron chi connectivity index (χ2n) is 15.8. The predicted octanol–water partition coefficient (Wildman–Crippen LogP) is 3.06. The molecule has 4 aliphatic heterocycles. The van der Waals surface area contributed by atoms with E-state index in [-0.39, 0.29) is 41.7 Å². The number of anilines is 2. The minimum atomic E-state index is -1.03. The number of aromatic nitrogens is 3. The number of hydrogen-bond acceptors (Lipinski definition) is 12. The number of hydrogen-bond donors (Lipinski definition) is 3. The molecule has 4 aliphatic rings. The van der Waals surface area contributed by atoms with Gasteiger partial charge >= 0.3 is 0 Å². The summed E-state index contributed by atoms with van der Waals surface area (Å²) in [5.41, 5.74) is 2.12. The number of piperazine rings is 1. The number of pyridine rings is 1. The van der Waals surface area contributed by atoms with Crippen LogP contribution in [0.3, 0.4) is 0 Å². The van der Waals surface area contributed by atoms with Crippen molar-refractivity contribution < 1.29 is 33.6 Å². The average Bonchev–Trinajstić information content (AvgIpc) is 3.54. The molecule has 1 aromatic carbocycles. The van der Waals surface area contributed by atoms with Crippen molar-refractivity contribution in [2.75, 3.05) is 62.6 Å². The van der Waals surface area contributed by atoms with Crippen LogP contribution in [0, 0.1) is 5.92 Å². The van der Waals surface area contributed by atoms with Crippen LogP contribution in [-0.2, 0) is 19.2 Å². The number of benzene rings is 1. The van der Waals surface area contributed by atoms with Gasteiger partial charge in [-0.05, 0) is 86.4 Å². The van der Waals surface area contributed by atoms with Gasteiger partial charge in [-0.2, -0.15) is 0 Å². The van der Waals surface area contributed by atoms with E-state index in [4.69, 9.17) is 0 Å². The smallest absolute Gasteiger partial charge is 0.274 e. The number of imide groups is 2. The number of nitrogens with one attached hydrogen (secondary N) is 3. The normalized spacial score (nSPS) is 18.4. The van der Waals surface area contributed by atoms with Crippen LogP contribution in [0.1, 0.15) is 101 Å². The fourth-order valence-electron chi connectivity index (χ4n) is 8.30. The highest BCUT2D eigenvalue weighted by atomic mass is 16.2. The molecule has 3 N–H and O–H groups in total. The number of amides is 7. The van der Waals surface area contributed by atoms with Gasteiger partial charge in [0.15, 0.2) is 11.5 Å². The molecule has 0 aliphatic carbocycles. The monoisotopic (exact) mass is 832 g/mol. The molecule has 2 aromatic heterocycles. The molecular formula is C44H52N10O7. The molecule has 3 fully saturated rings. The molecule has 17 nitrogen and oxygen atoms in total. The second kappa shape index (κ2) is 20.2. The molecule has 320 valence electrons. The first-order valence-electron chi connectivity index (χ1n) is 21.3. The lowest BCUT2D eigenvalue weighted by Crippen LogP contribution is -2.54. The van der Waals surface area contributed by atoms with Gasteiger partial charge in [0.1, 0.15) is 6.04 Å². The quantitative estimate of drug-likeness (QED) is 0.108. The van der Waals surface area contributed by atoms with Crippen molar-refractivity contribution in [1.82, 2.24) is 40.5 Å². The van der Waals surface area contributed by atoms with E-state index in [1.54, 1.807) is 42.7 Å². The van der Waals surface area contributed by atoms with Crippen molar-refractivity contribution in [1.29, 1.82) is 0 Å². The van der Waals surface area contributed by atoms with Gasteiger partial charge in [-0.3, -0.25) is 48.8 Å². The Balaban J connectivity index is 0.761. The molecule has 7 amide bonds. The Bertz CT molecular complexity index is 2130. The molecule has 0 bridgehead atoms. The van der Waals surface area contributed by atoms with Gasteiger partial charge in [0.25, 0.3) is 17.7 Å². The van der Waals surface area contributed by atoms with Crippen LogP contribution >= 0.6 is 0 Å². The fourth-order valence-corrected chi connectivity index (χ4v) is 8.30. The van der Waals surface area contributed by atoms with Gasteiger partial charge in [0, 0.05) is 89.4 Å². The van der Waals surface area contributed by atoms with Crippen LogP contribution in [0.25, 0.3) is 6.08 Å². The minimum absolute atomic E-state index is 0.0539. The number of rotatable bonds is 16. The van der Waals surface area contributed by atoms with Crippen LogP contribution in [0.5, 0.6) is 0 Å². The van der Waals surface area contributed by atoms with Gasteiger partial charge in [0.2, 0.25) is 23.6 Å². The average molecular weight is 833 g/mol. The van der Waals surface area contributed by atoms with Crippen LogP contribution in [0.4, 0.5) is 11.5 Å². The lowest BCUT2D eigenvalue weighted by molar-refractivity contribution is -0.136. The highest BCUT2D eigenvalue weighted by Gasteiger charge is 2.45. The molecule has 3 saturated heterocycles. The van der Waals surface area contributed by atoms with Crippen LogP contribution in [0.2, 0.25) is 0 Å². The Labute approximate surface area is 354 Å². The van der Waals surface area contributed by atoms with Crippen LogP contribution in [-0.4, -0.2) is 130 Å². The topological polar surface area (TPSA) is 207 Å². The SMILES string of the molecule is O=C(/C=C/c1cccnc1)NCCCCC1CCN(C(=O)c2ccc(N3CCN(C(=O)CCCCNc4cccc5c4C(=O)N(C4CCC(=O)NC4=O)C5=O)CC3)nn2)CC1. The predicted molar refractivity (Wildman–Crippen MR) is 225 cm³/mol. The minimum Gasteiger partial charge on any atom is -0.384 e. The zero-order chi connectivity index (χ0) is 42.7. The first-order chi connectivity index (χ1) is 29.7. The third-order valence-electron chi connectivity index (χ3n) is 11.8. The first kappa shape index (κ1) is 42.6. The van der Waals surface area contributed by atoms with E-state index in [1.807, 2.05) is 28.0 Å². The van der Waals surface area contributed by atoms with Gasteiger partial charge in [0.05, 0.1) is 11.1 Å². The third-order valence-corrected chi connectivity index (χ3v) is 11.8. The maximum Gasteiger partial charge on any atom is 0.274 e. The Morgan fingerprint density at radius 2 is 1.61 bits per heavy atom.